The van der Waals surface area contributed by atoms with Gasteiger partial charge in [-0.2, -0.15) is 0 Å². The predicted octanol–water partition coefficient (Wildman–Crippen LogP) is 2.70. The topological polar surface area (TPSA) is 86.9 Å². The lowest BCUT2D eigenvalue weighted by Crippen LogP contribution is -2.60. The van der Waals surface area contributed by atoms with Crippen molar-refractivity contribution in [1.82, 2.24) is 20.6 Å². The molecule has 1 aromatic heterocycles. The van der Waals surface area contributed by atoms with Crippen LogP contribution in [0.5, 0.6) is 0 Å². The average molecular weight is 356 g/mol. The van der Waals surface area contributed by atoms with E-state index in [1.807, 2.05) is 24.3 Å². The number of aryl methyl sites for hydroxylation is 1. The molecule has 1 fully saturated rings. The Morgan fingerprint density at radius 1 is 1.27 bits per heavy atom. The highest BCUT2D eigenvalue weighted by Gasteiger charge is 2.41. The number of aromatic amines is 1. The summed E-state index contributed by atoms with van der Waals surface area (Å²) in [6, 6.07) is 7.95. The van der Waals surface area contributed by atoms with Crippen LogP contribution in [0.25, 0.3) is 11.0 Å². The second-order valence-electron chi connectivity index (χ2n) is 7.51. The van der Waals surface area contributed by atoms with Crippen LogP contribution in [0, 0.1) is 5.92 Å². The molecule has 0 bridgehead atoms. The van der Waals surface area contributed by atoms with Crippen molar-refractivity contribution < 1.29 is 9.59 Å². The lowest BCUT2D eigenvalue weighted by Gasteiger charge is -2.38. The van der Waals surface area contributed by atoms with Crippen LogP contribution in [0.4, 0.5) is 0 Å². The third kappa shape index (κ3) is 4.23. The summed E-state index contributed by atoms with van der Waals surface area (Å²) in [4.78, 5) is 32.2. The number of hydrogen-bond donors (Lipinski definition) is 3. The van der Waals surface area contributed by atoms with Crippen LogP contribution in [-0.2, 0) is 16.0 Å². The largest absolute Gasteiger partial charge is 0.354 e. The molecule has 3 N–H and O–H groups in total. The van der Waals surface area contributed by atoms with Crippen LogP contribution < -0.4 is 10.6 Å². The van der Waals surface area contributed by atoms with Gasteiger partial charge in [0, 0.05) is 19.9 Å². The third-order valence-electron chi connectivity index (χ3n) is 5.29. The molecule has 2 amide bonds. The van der Waals surface area contributed by atoms with Gasteiger partial charge in [0.1, 0.15) is 11.4 Å². The quantitative estimate of drug-likeness (QED) is 0.696. The molecule has 0 aliphatic heterocycles. The van der Waals surface area contributed by atoms with Gasteiger partial charge in [-0.05, 0) is 50.2 Å². The molecular formula is C20H28N4O2. The number of H-pyrrole nitrogens is 1. The monoisotopic (exact) mass is 356 g/mol. The summed E-state index contributed by atoms with van der Waals surface area (Å²) >= 11 is 0. The van der Waals surface area contributed by atoms with Gasteiger partial charge in [-0.1, -0.05) is 19.1 Å². The third-order valence-corrected chi connectivity index (χ3v) is 5.29. The van der Waals surface area contributed by atoms with Gasteiger partial charge in [-0.3, -0.25) is 9.59 Å². The average Bonchev–Trinajstić information content (AvgIpc) is 3.03. The molecule has 0 radical (unpaired) electrons. The van der Waals surface area contributed by atoms with Crippen molar-refractivity contribution in [3.05, 3.63) is 30.1 Å². The number of benzene rings is 1. The molecule has 1 aliphatic carbocycles. The predicted molar refractivity (Wildman–Crippen MR) is 102 cm³/mol. The van der Waals surface area contributed by atoms with Crippen LogP contribution in [0.3, 0.4) is 0 Å². The summed E-state index contributed by atoms with van der Waals surface area (Å²) in [5, 5.41) is 5.94. The minimum absolute atomic E-state index is 0.0517. The molecule has 1 heterocycles. The lowest BCUT2D eigenvalue weighted by molar-refractivity contribution is -0.134. The van der Waals surface area contributed by atoms with Gasteiger partial charge < -0.3 is 15.6 Å². The summed E-state index contributed by atoms with van der Waals surface area (Å²) in [5.41, 5.74) is 1.26. The van der Waals surface area contributed by atoms with E-state index in [0.717, 1.165) is 42.5 Å². The van der Waals surface area contributed by atoms with E-state index in [2.05, 4.69) is 27.5 Å². The van der Waals surface area contributed by atoms with Crippen molar-refractivity contribution in [3.8, 4) is 0 Å². The van der Waals surface area contributed by atoms with Gasteiger partial charge >= 0.3 is 0 Å². The van der Waals surface area contributed by atoms with Gasteiger partial charge in [-0.15, -0.1) is 0 Å². The maximum atomic E-state index is 12.8. The lowest BCUT2D eigenvalue weighted by atomic mass is 9.76. The van der Waals surface area contributed by atoms with Crippen molar-refractivity contribution in [3.63, 3.8) is 0 Å². The first kappa shape index (κ1) is 18.4. The van der Waals surface area contributed by atoms with Crippen LogP contribution in [0.2, 0.25) is 0 Å². The Bertz CT molecular complexity index is 742. The van der Waals surface area contributed by atoms with E-state index in [1.54, 1.807) is 0 Å². The molecule has 0 atom stereocenters. The number of aromatic nitrogens is 2. The number of nitrogens with zero attached hydrogens (tertiary/aromatic N) is 1. The van der Waals surface area contributed by atoms with Crippen molar-refractivity contribution in [1.29, 1.82) is 0 Å². The number of rotatable bonds is 6. The Kier molecular flexibility index (Phi) is 5.59. The zero-order chi connectivity index (χ0) is 18.6. The zero-order valence-corrected chi connectivity index (χ0v) is 15.6. The molecule has 2 aromatic rings. The number of fused-ring (bicyclic) bond motifs is 1. The normalized spacial score (nSPS) is 22.9. The number of carbonyl (C=O) groups excluding carboxylic acids is 2. The first-order valence-electron chi connectivity index (χ1n) is 9.49. The second-order valence-corrected chi connectivity index (χ2v) is 7.51. The standard InChI is InChI=1S/C20H28N4O2/c1-14-9-11-20(12-10-14,24-15(2)25)19(26)21-13-5-8-18-22-16-6-3-4-7-17(16)23-18/h3-4,6-7,14H,5,8-13H2,1-2H3,(H,21,26)(H,22,23)(H,24,25). The van der Waals surface area contributed by atoms with E-state index < -0.39 is 5.54 Å². The summed E-state index contributed by atoms with van der Waals surface area (Å²) in [6.45, 7) is 4.25. The van der Waals surface area contributed by atoms with Gasteiger partial charge in [0.25, 0.3) is 0 Å². The van der Waals surface area contributed by atoms with Crippen molar-refractivity contribution in [2.24, 2.45) is 5.92 Å². The summed E-state index contributed by atoms with van der Waals surface area (Å²) in [5.74, 6) is 1.35. The maximum absolute atomic E-state index is 12.8. The molecule has 1 aliphatic rings. The fourth-order valence-corrected chi connectivity index (χ4v) is 3.75. The first-order chi connectivity index (χ1) is 12.5. The van der Waals surface area contributed by atoms with Gasteiger partial charge in [0.05, 0.1) is 11.0 Å². The van der Waals surface area contributed by atoms with Gasteiger partial charge in [0.2, 0.25) is 11.8 Å². The minimum Gasteiger partial charge on any atom is -0.354 e. The van der Waals surface area contributed by atoms with Crippen LogP contribution in [-0.4, -0.2) is 33.9 Å². The molecule has 1 saturated carbocycles. The number of imidazole rings is 1. The molecule has 0 spiro atoms. The second kappa shape index (κ2) is 7.89. The maximum Gasteiger partial charge on any atom is 0.245 e. The van der Waals surface area contributed by atoms with E-state index in [1.165, 1.54) is 6.92 Å². The Hall–Kier alpha value is -2.37. The van der Waals surface area contributed by atoms with Gasteiger partial charge in [0.15, 0.2) is 0 Å². The Morgan fingerprint density at radius 2 is 2.00 bits per heavy atom. The van der Waals surface area contributed by atoms with Crippen molar-refractivity contribution >= 4 is 22.8 Å². The zero-order valence-electron chi connectivity index (χ0n) is 15.6. The Morgan fingerprint density at radius 3 is 2.69 bits per heavy atom. The molecule has 6 nitrogen and oxygen atoms in total. The van der Waals surface area contributed by atoms with E-state index >= 15 is 0 Å². The highest BCUT2D eigenvalue weighted by Crippen LogP contribution is 2.32. The first-order valence-corrected chi connectivity index (χ1v) is 9.49. The van der Waals surface area contributed by atoms with Crippen LogP contribution in [0.15, 0.2) is 24.3 Å². The fourth-order valence-electron chi connectivity index (χ4n) is 3.75. The van der Waals surface area contributed by atoms with Crippen LogP contribution in [0.1, 0.15) is 51.8 Å². The Labute approximate surface area is 154 Å². The summed E-state index contributed by atoms with van der Waals surface area (Å²) in [7, 11) is 0. The number of hydrogen-bond acceptors (Lipinski definition) is 3. The summed E-state index contributed by atoms with van der Waals surface area (Å²) < 4.78 is 0. The smallest absolute Gasteiger partial charge is 0.245 e. The summed E-state index contributed by atoms with van der Waals surface area (Å²) in [6.07, 6.45) is 4.93. The van der Waals surface area contributed by atoms with E-state index in [9.17, 15) is 9.59 Å². The number of carbonyl (C=O) groups is 2. The molecule has 0 unspecified atom stereocenters. The van der Waals surface area contributed by atoms with Gasteiger partial charge in [-0.25, -0.2) is 4.98 Å². The molecular weight excluding hydrogens is 328 g/mol. The van der Waals surface area contributed by atoms with Crippen molar-refractivity contribution in [2.75, 3.05) is 6.54 Å². The van der Waals surface area contributed by atoms with E-state index in [4.69, 9.17) is 0 Å². The Balaban J connectivity index is 1.52. The number of amides is 2. The highest BCUT2D eigenvalue weighted by molar-refractivity contribution is 5.91. The van der Waals surface area contributed by atoms with Crippen LogP contribution >= 0.6 is 0 Å². The fraction of sp³-hybridized carbons (Fsp3) is 0.550. The van der Waals surface area contributed by atoms with E-state index in [0.29, 0.717) is 25.3 Å². The van der Waals surface area contributed by atoms with E-state index in [-0.39, 0.29) is 11.8 Å². The molecule has 140 valence electrons. The number of nitrogens with one attached hydrogen (secondary N) is 3. The molecule has 6 heteroatoms. The highest BCUT2D eigenvalue weighted by atomic mass is 16.2. The molecule has 26 heavy (non-hydrogen) atoms. The molecule has 1 aromatic carbocycles. The number of para-hydroxylation sites is 2. The SMILES string of the molecule is CC(=O)NC1(C(=O)NCCCc2nc3ccccc3[nH]2)CCC(C)CC1. The minimum atomic E-state index is -0.738. The molecule has 0 saturated heterocycles. The molecule has 3 rings (SSSR count). The van der Waals surface area contributed by atoms with Crippen molar-refractivity contribution in [2.45, 2.75) is 57.9 Å².